The van der Waals surface area contributed by atoms with Gasteiger partial charge in [0, 0.05) is 12.6 Å². The van der Waals surface area contributed by atoms with E-state index in [0.29, 0.717) is 5.41 Å². The van der Waals surface area contributed by atoms with E-state index in [1.165, 1.54) is 13.0 Å². The first kappa shape index (κ1) is 5.72. The van der Waals surface area contributed by atoms with Crippen molar-refractivity contribution in [3.63, 3.8) is 0 Å². The molecule has 52 valence electrons. The first-order valence-electron chi connectivity index (χ1n) is 3.81. The summed E-state index contributed by atoms with van der Waals surface area (Å²) in [5.74, 6) is 1.03. The molecule has 0 bridgehead atoms. The van der Waals surface area contributed by atoms with Crippen LogP contribution in [-0.2, 0) is 0 Å². The van der Waals surface area contributed by atoms with Crippen molar-refractivity contribution in [2.24, 2.45) is 11.3 Å². The van der Waals surface area contributed by atoms with Crippen LogP contribution in [0.15, 0.2) is 0 Å². The molecule has 1 heteroatoms. The van der Waals surface area contributed by atoms with Crippen molar-refractivity contribution in [3.05, 3.63) is 0 Å². The lowest BCUT2D eigenvalue weighted by atomic mass is 10.1. The van der Waals surface area contributed by atoms with Crippen molar-refractivity contribution in [2.75, 3.05) is 13.6 Å². The third kappa shape index (κ3) is 0.787. The van der Waals surface area contributed by atoms with E-state index in [1.54, 1.807) is 0 Å². The molecular weight excluding hydrogens is 110 g/mol. The molecule has 1 aliphatic heterocycles. The summed E-state index contributed by atoms with van der Waals surface area (Å²) in [4.78, 5) is 2.44. The Kier molecular flexibility index (Phi) is 0.852. The van der Waals surface area contributed by atoms with E-state index < -0.39 is 0 Å². The zero-order valence-corrected chi connectivity index (χ0v) is 6.52. The van der Waals surface area contributed by atoms with Crippen molar-refractivity contribution < 1.29 is 0 Å². The molecule has 0 aromatic rings. The van der Waals surface area contributed by atoms with Gasteiger partial charge < -0.3 is 4.90 Å². The minimum absolute atomic E-state index is 0.690. The molecular formula is C8H15N. The van der Waals surface area contributed by atoms with E-state index in [-0.39, 0.29) is 0 Å². The summed E-state index contributed by atoms with van der Waals surface area (Å²) in [5, 5.41) is 0. The van der Waals surface area contributed by atoms with Crippen LogP contribution in [0.3, 0.4) is 0 Å². The van der Waals surface area contributed by atoms with Gasteiger partial charge in [-0.1, -0.05) is 13.8 Å². The zero-order chi connectivity index (χ0) is 6.65. The maximum absolute atomic E-state index is 2.44. The third-order valence-corrected chi connectivity index (χ3v) is 2.96. The summed E-state index contributed by atoms with van der Waals surface area (Å²) in [6.45, 7) is 6.11. The lowest BCUT2D eigenvalue weighted by Crippen LogP contribution is -2.01. The van der Waals surface area contributed by atoms with Gasteiger partial charge in [0.15, 0.2) is 0 Å². The van der Waals surface area contributed by atoms with Crippen molar-refractivity contribution in [1.29, 1.82) is 0 Å². The molecule has 1 saturated carbocycles. The van der Waals surface area contributed by atoms with Gasteiger partial charge in [0.05, 0.1) is 0 Å². The van der Waals surface area contributed by atoms with Gasteiger partial charge in [-0.3, -0.25) is 0 Å². The average Bonchev–Trinajstić information content (AvgIpc) is 2.50. The molecule has 0 spiro atoms. The summed E-state index contributed by atoms with van der Waals surface area (Å²) >= 11 is 0. The summed E-state index contributed by atoms with van der Waals surface area (Å²) in [7, 11) is 2.22. The molecule has 0 radical (unpaired) electrons. The normalized spacial score (nSPS) is 53.0. The summed E-state index contributed by atoms with van der Waals surface area (Å²) in [6, 6.07) is 0.958. The highest BCUT2D eigenvalue weighted by molar-refractivity contribution is 5.08. The average molecular weight is 125 g/mol. The minimum atomic E-state index is 0.690. The Labute approximate surface area is 57.0 Å². The molecule has 2 fully saturated rings. The molecule has 0 amide bonds. The molecule has 1 aliphatic carbocycles. The lowest BCUT2D eigenvalue weighted by Gasteiger charge is -1.99. The van der Waals surface area contributed by atoms with Crippen molar-refractivity contribution in [3.8, 4) is 0 Å². The van der Waals surface area contributed by atoms with E-state index in [9.17, 15) is 0 Å². The van der Waals surface area contributed by atoms with Crippen LogP contribution in [0.2, 0.25) is 0 Å². The molecule has 0 N–H and O–H groups in total. The predicted molar refractivity (Wildman–Crippen MR) is 38.3 cm³/mol. The number of hydrogen-bond acceptors (Lipinski definition) is 1. The second-order valence-electron chi connectivity index (χ2n) is 4.31. The highest BCUT2D eigenvalue weighted by atomic mass is 15.3. The molecule has 2 aliphatic rings. The molecule has 9 heavy (non-hydrogen) atoms. The molecule has 2 rings (SSSR count). The monoisotopic (exact) mass is 125 g/mol. The second-order valence-corrected chi connectivity index (χ2v) is 4.31. The van der Waals surface area contributed by atoms with Gasteiger partial charge in [-0.2, -0.15) is 0 Å². The minimum Gasteiger partial charge on any atom is -0.300 e. The molecule has 3 unspecified atom stereocenters. The van der Waals surface area contributed by atoms with Crippen LogP contribution in [0.1, 0.15) is 20.3 Å². The van der Waals surface area contributed by atoms with Crippen LogP contribution in [0.4, 0.5) is 0 Å². The van der Waals surface area contributed by atoms with Gasteiger partial charge in [-0.05, 0) is 24.8 Å². The first-order valence-corrected chi connectivity index (χ1v) is 3.81. The molecule has 1 heterocycles. The zero-order valence-electron chi connectivity index (χ0n) is 6.52. The van der Waals surface area contributed by atoms with Gasteiger partial charge in [0.25, 0.3) is 0 Å². The molecule has 1 saturated heterocycles. The quantitative estimate of drug-likeness (QED) is 0.478. The number of hydrogen-bond donors (Lipinski definition) is 0. The Morgan fingerprint density at radius 2 is 1.89 bits per heavy atom. The smallest absolute Gasteiger partial charge is 0.0254 e. The predicted octanol–water partition coefficient (Wildman–Crippen LogP) is 1.35. The van der Waals surface area contributed by atoms with Gasteiger partial charge in [-0.25, -0.2) is 0 Å². The topological polar surface area (TPSA) is 3.01 Å². The molecule has 3 atom stereocenters. The summed E-state index contributed by atoms with van der Waals surface area (Å²) in [6.07, 6.45) is 1.46. The first-order chi connectivity index (χ1) is 4.11. The molecule has 0 aromatic heterocycles. The lowest BCUT2D eigenvalue weighted by molar-refractivity contribution is 0.491. The van der Waals surface area contributed by atoms with E-state index in [1.807, 2.05) is 0 Å². The highest BCUT2D eigenvalue weighted by Crippen LogP contribution is 2.57. The Balaban J connectivity index is 1.92. The Bertz CT molecular complexity index is 140. The van der Waals surface area contributed by atoms with Crippen molar-refractivity contribution in [1.82, 2.24) is 4.90 Å². The molecule has 1 nitrogen and oxygen atoms in total. The van der Waals surface area contributed by atoms with Crippen molar-refractivity contribution >= 4 is 0 Å². The van der Waals surface area contributed by atoms with Gasteiger partial charge in [0.1, 0.15) is 0 Å². The van der Waals surface area contributed by atoms with Crippen LogP contribution < -0.4 is 0 Å². The summed E-state index contributed by atoms with van der Waals surface area (Å²) in [5.41, 5.74) is 0.690. The SMILES string of the molecule is CN1CC1C1CC1(C)C. The van der Waals surface area contributed by atoms with Gasteiger partial charge >= 0.3 is 0 Å². The second kappa shape index (κ2) is 1.34. The highest BCUT2D eigenvalue weighted by Gasteiger charge is 2.55. The fraction of sp³-hybridized carbons (Fsp3) is 1.00. The van der Waals surface area contributed by atoms with E-state index in [0.717, 1.165) is 12.0 Å². The van der Waals surface area contributed by atoms with Crippen LogP contribution in [0, 0.1) is 11.3 Å². The number of likely N-dealkylation sites (N-methyl/N-ethyl adjacent to an activating group) is 1. The number of rotatable bonds is 1. The Hall–Kier alpha value is -0.0400. The van der Waals surface area contributed by atoms with Crippen LogP contribution >= 0.6 is 0 Å². The van der Waals surface area contributed by atoms with Crippen LogP contribution in [-0.4, -0.2) is 24.5 Å². The summed E-state index contributed by atoms with van der Waals surface area (Å²) < 4.78 is 0. The van der Waals surface area contributed by atoms with Gasteiger partial charge in [-0.15, -0.1) is 0 Å². The van der Waals surface area contributed by atoms with Crippen LogP contribution in [0.5, 0.6) is 0 Å². The Morgan fingerprint density at radius 3 is 2.00 bits per heavy atom. The number of nitrogens with zero attached hydrogens (tertiary/aromatic N) is 1. The Morgan fingerprint density at radius 1 is 1.44 bits per heavy atom. The van der Waals surface area contributed by atoms with E-state index in [2.05, 4.69) is 25.8 Å². The third-order valence-electron chi connectivity index (χ3n) is 2.96. The van der Waals surface area contributed by atoms with Gasteiger partial charge in [0.2, 0.25) is 0 Å². The van der Waals surface area contributed by atoms with Crippen molar-refractivity contribution in [2.45, 2.75) is 26.3 Å². The van der Waals surface area contributed by atoms with E-state index in [4.69, 9.17) is 0 Å². The maximum Gasteiger partial charge on any atom is 0.0254 e. The van der Waals surface area contributed by atoms with Crippen LogP contribution in [0.25, 0.3) is 0 Å². The largest absolute Gasteiger partial charge is 0.300 e. The van der Waals surface area contributed by atoms with E-state index >= 15 is 0 Å². The standard InChI is InChI=1S/C8H15N/c1-8(2)4-6(8)7-5-9(7)3/h6-7H,4-5H2,1-3H3. The molecule has 0 aromatic carbocycles. The fourth-order valence-electron chi connectivity index (χ4n) is 1.85. The maximum atomic E-state index is 2.44. The fourth-order valence-corrected chi connectivity index (χ4v) is 1.85.